The van der Waals surface area contributed by atoms with E-state index < -0.39 is 0 Å². The highest BCUT2D eigenvalue weighted by atomic mass is 31.0. The lowest BCUT2D eigenvalue weighted by Crippen LogP contribution is -2.34. The number of carbonyl (C=O) groups excluding carboxylic acids is 2. The van der Waals surface area contributed by atoms with Crippen LogP contribution < -0.4 is 19.3 Å². The number of aromatic nitrogens is 6. The van der Waals surface area contributed by atoms with Crippen LogP contribution in [0.4, 0.5) is 11.4 Å². The summed E-state index contributed by atoms with van der Waals surface area (Å²) in [4.78, 5) is 61.8. The van der Waals surface area contributed by atoms with Crippen LogP contribution in [-0.2, 0) is 0 Å². The molecular weight excluding hydrogens is 1090 g/mol. The summed E-state index contributed by atoms with van der Waals surface area (Å²) in [6, 6.07) is 28.8. The van der Waals surface area contributed by atoms with E-state index in [4.69, 9.17) is 29.7 Å². The van der Waals surface area contributed by atoms with Crippen LogP contribution in [0.5, 0.6) is 11.5 Å². The fourth-order valence-corrected chi connectivity index (χ4v) is 12.7. The first-order valence-corrected chi connectivity index (χ1v) is 29.6. The molecule has 4 aromatic carbocycles. The van der Waals surface area contributed by atoms with Crippen molar-refractivity contribution in [1.82, 2.24) is 39.7 Å². The number of amides is 2. The number of anilines is 2. The molecule has 6 aliphatic rings. The third-order valence-electron chi connectivity index (χ3n) is 17.7. The molecular formula is C66H74N10O6P2-4. The number of nitrogens with one attached hydrogen (secondary N) is 2. The first-order chi connectivity index (χ1) is 40.2. The van der Waals surface area contributed by atoms with E-state index in [1.807, 2.05) is 46.2 Å². The van der Waals surface area contributed by atoms with Crippen molar-refractivity contribution >= 4 is 70.6 Å². The maximum Gasteiger partial charge on any atom is 0.262 e. The van der Waals surface area contributed by atoms with Crippen LogP contribution in [0.25, 0.3) is 50.2 Å². The molecule has 2 aliphatic carbocycles. The second kappa shape index (κ2) is 25.8. The molecule has 3 fully saturated rings. The summed E-state index contributed by atoms with van der Waals surface area (Å²) in [7, 11) is 0. The molecule has 2 saturated carbocycles. The van der Waals surface area contributed by atoms with Gasteiger partial charge in [-0.05, 0) is 173 Å². The molecule has 0 bridgehead atoms. The molecule has 4 N–H and O–H groups in total. The van der Waals surface area contributed by atoms with Crippen molar-refractivity contribution in [3.63, 3.8) is 0 Å². The van der Waals surface area contributed by atoms with Gasteiger partial charge in [-0.15, -0.1) is 0 Å². The van der Waals surface area contributed by atoms with Crippen molar-refractivity contribution in [1.29, 1.82) is 0 Å². The van der Waals surface area contributed by atoms with E-state index in [0.717, 1.165) is 144 Å². The molecule has 16 nitrogen and oxygen atoms in total. The first kappa shape index (κ1) is 58.9. The summed E-state index contributed by atoms with van der Waals surface area (Å²) in [6.45, 7) is 12.3. The van der Waals surface area contributed by atoms with Crippen LogP contribution >= 0.6 is 19.8 Å². The Hall–Kier alpha value is -6.90. The Morgan fingerprint density at radius 1 is 0.571 bits per heavy atom. The van der Waals surface area contributed by atoms with Crippen molar-refractivity contribution < 1.29 is 29.3 Å². The topological polar surface area (TPSA) is 189 Å². The quantitative estimate of drug-likeness (QED) is 0.0755. The number of H-pyrrole nitrogens is 2. The number of aliphatic hydroxyl groups is 2. The third kappa shape index (κ3) is 12.0. The zero-order valence-electron chi connectivity index (χ0n) is 48.0. The average molecular weight is 1170 g/mol. The van der Waals surface area contributed by atoms with Crippen LogP contribution in [0.2, 0.25) is 0 Å². The van der Waals surface area contributed by atoms with E-state index in [9.17, 15) is 9.59 Å². The largest absolute Gasteiger partial charge is 3.00 e. The van der Waals surface area contributed by atoms with E-state index in [2.05, 4.69) is 98.2 Å². The fourth-order valence-electron chi connectivity index (χ4n) is 12.7. The van der Waals surface area contributed by atoms with Crippen molar-refractivity contribution in [2.45, 2.75) is 89.4 Å². The van der Waals surface area contributed by atoms with E-state index >= 15 is 0 Å². The highest BCUT2D eigenvalue weighted by Gasteiger charge is 2.33. The highest BCUT2D eigenvalue weighted by Crippen LogP contribution is 2.45. The van der Waals surface area contributed by atoms with Gasteiger partial charge in [-0.3, -0.25) is 14.5 Å². The van der Waals surface area contributed by atoms with Crippen molar-refractivity contribution in [2.24, 2.45) is 0 Å². The molecule has 8 aromatic rings. The van der Waals surface area contributed by atoms with E-state index in [1.165, 1.54) is 48.1 Å². The van der Waals surface area contributed by atoms with Gasteiger partial charge in [0.25, 0.3) is 11.8 Å². The monoisotopic (exact) mass is 1160 g/mol. The van der Waals surface area contributed by atoms with Gasteiger partial charge >= 0.3 is 0 Å². The summed E-state index contributed by atoms with van der Waals surface area (Å²) < 4.78 is 12.2. The van der Waals surface area contributed by atoms with Crippen LogP contribution in [0, 0.1) is 13.8 Å². The number of carbonyl (C=O) groups is 2. The Balaban J connectivity index is 0.000000171. The zero-order chi connectivity index (χ0) is 55.8. The van der Waals surface area contributed by atoms with Gasteiger partial charge in [0.1, 0.15) is 48.7 Å². The standard InChI is InChI=1S/C33H37N5O3.C33H35N5O3.H2P.P/c2*1-21-25(31-27-19-28(36-32(27)35-20-34-31)23-10-13-37(14-11-23)12-3-16-39)4-2-5-29(21)38-15-17-41-30-18-24(22-6-7-22)8-9-26(30)33(38)40;;/h2,4-5,8-9,18-20,22-23,39H,3,6-7,10-17H2,1H3,(H,34,35,36);2,4-5,8-10,18-20,22,39H,3,6-7,11-17H2,1H3,(H,34,35,36);1H2;/q;;-1;-3. The van der Waals surface area contributed by atoms with E-state index in [1.54, 1.807) is 12.7 Å². The van der Waals surface area contributed by atoms with Crippen LogP contribution in [0.3, 0.4) is 0 Å². The SMILES string of the molecule is Cc1c(-c2ncnc3[nH]c(C4=CCN(CCCO)CC4)cc23)cccc1N1CCOc2cc(C3CC3)ccc2C1=O.Cc1c(-c2ncnc3[nH]c(C4CCN(CCCO)CC4)cc23)cccc1N1CCOc2cc(C3CC3)ccc2C1=O.[P-3].[PH2-]. The Labute approximate surface area is 497 Å². The van der Waals surface area contributed by atoms with Crippen LogP contribution in [-0.4, -0.2) is 141 Å². The Bertz CT molecular complexity index is 3730. The number of nitrogens with zero attached hydrogens (tertiary/aromatic N) is 8. The number of rotatable bonds is 14. The molecule has 2 amide bonds. The van der Waals surface area contributed by atoms with E-state index in [-0.39, 0.29) is 44.8 Å². The molecule has 0 atom stereocenters. The summed E-state index contributed by atoms with van der Waals surface area (Å²) >= 11 is 0. The number of piperidine rings is 1. The third-order valence-corrected chi connectivity index (χ3v) is 17.7. The molecule has 84 heavy (non-hydrogen) atoms. The molecule has 8 heterocycles. The maximum absolute atomic E-state index is 13.8. The summed E-state index contributed by atoms with van der Waals surface area (Å²) in [5, 5.41) is 20.3. The molecule has 14 rings (SSSR count). The van der Waals surface area contributed by atoms with Gasteiger partial charge < -0.3 is 64.2 Å². The van der Waals surface area contributed by atoms with Crippen LogP contribution in [0.1, 0.15) is 130 Å². The van der Waals surface area contributed by atoms with Gasteiger partial charge in [0.2, 0.25) is 0 Å². The van der Waals surface area contributed by atoms with Gasteiger partial charge in [-0.1, -0.05) is 42.5 Å². The number of hydrogen-bond acceptors (Lipinski definition) is 12. The lowest BCUT2D eigenvalue weighted by atomic mass is 9.93. The minimum absolute atomic E-state index is 0. The molecule has 0 radical (unpaired) electrons. The van der Waals surface area contributed by atoms with Crippen molar-refractivity contribution in [2.75, 3.05) is 88.6 Å². The number of ether oxygens (including phenoxy) is 2. The molecule has 0 spiro atoms. The summed E-state index contributed by atoms with van der Waals surface area (Å²) in [5.74, 6) is 3.01. The molecule has 438 valence electrons. The average Bonchev–Trinajstić information content (AvgIpc) is 4.58. The smallest absolute Gasteiger partial charge is 0.262 e. The number of aliphatic hydroxyl groups excluding tert-OH is 2. The predicted octanol–water partition coefficient (Wildman–Crippen LogP) is 11.9. The Kier molecular flexibility index (Phi) is 18.0. The van der Waals surface area contributed by atoms with Crippen molar-refractivity contribution in [3.05, 3.63) is 148 Å². The summed E-state index contributed by atoms with van der Waals surface area (Å²) in [6.07, 6.45) is 15.1. The normalized spacial score (nSPS) is 17.6. The molecule has 4 aliphatic heterocycles. The van der Waals surface area contributed by atoms with E-state index in [0.29, 0.717) is 66.7 Å². The number of benzene rings is 4. The lowest BCUT2D eigenvalue weighted by molar-refractivity contribution is 0.0982. The molecule has 1 saturated heterocycles. The minimum Gasteiger partial charge on any atom is -3.00 e. The first-order valence-electron chi connectivity index (χ1n) is 29.6. The zero-order valence-corrected chi connectivity index (χ0v) is 50.1. The predicted molar refractivity (Wildman–Crippen MR) is 337 cm³/mol. The lowest BCUT2D eigenvalue weighted by Gasteiger charge is -3.00. The molecule has 18 heteroatoms. The maximum atomic E-state index is 13.8. The molecule has 0 unspecified atom stereocenters. The highest BCUT2D eigenvalue weighted by molar-refractivity contribution is 6.92. The number of likely N-dealkylation sites (tertiary alicyclic amines) is 1. The molecule has 4 aromatic heterocycles. The Morgan fingerprint density at radius 3 is 1.61 bits per heavy atom. The number of hydrogen-bond donors (Lipinski definition) is 4. The van der Waals surface area contributed by atoms with Gasteiger partial charge in [0.15, 0.2) is 0 Å². The fraction of sp³-hybridized carbons (Fsp3) is 0.394. The summed E-state index contributed by atoms with van der Waals surface area (Å²) in [5.41, 5.74) is 16.5. The number of aromatic amines is 2. The van der Waals surface area contributed by atoms with Gasteiger partial charge in [-0.25, -0.2) is 19.9 Å². The van der Waals surface area contributed by atoms with Crippen molar-refractivity contribution in [3.8, 4) is 34.0 Å². The second-order valence-corrected chi connectivity index (χ2v) is 23.0. The number of fused-ring (bicyclic) bond motifs is 4. The van der Waals surface area contributed by atoms with Gasteiger partial charge in [0.05, 0.1) is 35.6 Å². The van der Waals surface area contributed by atoms with Gasteiger partial charge in [0, 0.05) is 90.0 Å². The second-order valence-electron chi connectivity index (χ2n) is 23.0. The Morgan fingerprint density at radius 2 is 1.10 bits per heavy atom. The van der Waals surface area contributed by atoms with Gasteiger partial charge in [-0.2, -0.15) is 0 Å². The van der Waals surface area contributed by atoms with Crippen LogP contribution in [0.15, 0.2) is 104 Å². The minimum atomic E-state index is -0.0332.